The Kier molecular flexibility index (Phi) is 6.84. The highest BCUT2D eigenvalue weighted by atomic mass is 16.6. The van der Waals surface area contributed by atoms with E-state index in [2.05, 4.69) is 27.0 Å². The summed E-state index contributed by atoms with van der Waals surface area (Å²) in [6, 6.07) is 8.39. The molecule has 2 aliphatic heterocycles. The molecular formula is C23H29N5O4. The van der Waals surface area contributed by atoms with Crippen molar-refractivity contribution in [1.82, 2.24) is 10.3 Å². The van der Waals surface area contributed by atoms with E-state index in [0.717, 1.165) is 56.1 Å². The lowest BCUT2D eigenvalue weighted by molar-refractivity contribution is -0.384. The van der Waals surface area contributed by atoms with Crippen LogP contribution < -0.4 is 15.1 Å². The van der Waals surface area contributed by atoms with E-state index in [1.807, 2.05) is 12.1 Å². The Labute approximate surface area is 187 Å². The predicted octanol–water partition coefficient (Wildman–Crippen LogP) is 2.99. The monoisotopic (exact) mass is 439 g/mol. The molecule has 0 aliphatic carbocycles. The molecule has 0 unspecified atom stereocenters. The van der Waals surface area contributed by atoms with E-state index in [1.165, 1.54) is 12.1 Å². The van der Waals surface area contributed by atoms with Crippen molar-refractivity contribution >= 4 is 23.1 Å². The van der Waals surface area contributed by atoms with E-state index in [1.54, 1.807) is 12.3 Å². The molecule has 0 saturated carbocycles. The Morgan fingerprint density at radius 3 is 2.62 bits per heavy atom. The molecule has 2 aromatic rings. The van der Waals surface area contributed by atoms with E-state index >= 15 is 0 Å². The minimum absolute atomic E-state index is 0.0807. The van der Waals surface area contributed by atoms with Gasteiger partial charge in [0, 0.05) is 51.1 Å². The van der Waals surface area contributed by atoms with Crippen molar-refractivity contribution in [3.63, 3.8) is 0 Å². The summed E-state index contributed by atoms with van der Waals surface area (Å²) < 4.78 is 5.39. The average Bonchev–Trinajstić information content (AvgIpc) is 2.83. The fraction of sp³-hybridized carbons (Fsp3) is 0.478. The number of rotatable bonds is 6. The number of piperidine rings is 1. The molecule has 0 radical (unpaired) electrons. The van der Waals surface area contributed by atoms with E-state index in [-0.39, 0.29) is 11.6 Å². The van der Waals surface area contributed by atoms with Crippen molar-refractivity contribution < 1.29 is 14.5 Å². The van der Waals surface area contributed by atoms with Crippen LogP contribution in [-0.4, -0.2) is 55.2 Å². The van der Waals surface area contributed by atoms with Crippen LogP contribution in [0.4, 0.5) is 17.2 Å². The van der Waals surface area contributed by atoms with Gasteiger partial charge in [-0.15, -0.1) is 0 Å². The van der Waals surface area contributed by atoms with Crippen molar-refractivity contribution in [2.75, 3.05) is 49.2 Å². The van der Waals surface area contributed by atoms with Gasteiger partial charge in [-0.25, -0.2) is 4.98 Å². The molecule has 4 rings (SSSR count). The molecule has 0 atom stereocenters. The van der Waals surface area contributed by atoms with Gasteiger partial charge in [0.1, 0.15) is 5.82 Å². The molecule has 1 amide bonds. The molecule has 170 valence electrons. The number of amides is 1. The summed E-state index contributed by atoms with van der Waals surface area (Å²) in [7, 11) is 0. The number of ether oxygens (including phenoxy) is 1. The molecule has 2 fully saturated rings. The first-order chi connectivity index (χ1) is 15.5. The highest BCUT2D eigenvalue weighted by Gasteiger charge is 2.23. The topological polar surface area (TPSA) is 101 Å². The fourth-order valence-electron chi connectivity index (χ4n) is 4.16. The molecule has 2 saturated heterocycles. The van der Waals surface area contributed by atoms with Crippen molar-refractivity contribution in [3.8, 4) is 0 Å². The van der Waals surface area contributed by atoms with Gasteiger partial charge in [-0.1, -0.05) is 6.92 Å². The lowest BCUT2D eigenvalue weighted by atomic mass is 9.98. The Balaban J connectivity index is 1.50. The number of nitrogens with zero attached hydrogens (tertiary/aromatic N) is 4. The van der Waals surface area contributed by atoms with Crippen LogP contribution in [0.2, 0.25) is 0 Å². The first-order valence-electron chi connectivity index (χ1n) is 11.1. The smallest absolute Gasteiger partial charge is 0.270 e. The Morgan fingerprint density at radius 1 is 1.16 bits per heavy atom. The van der Waals surface area contributed by atoms with Crippen molar-refractivity contribution in [3.05, 3.63) is 57.8 Å². The summed E-state index contributed by atoms with van der Waals surface area (Å²) in [5.74, 6) is 1.19. The van der Waals surface area contributed by atoms with Crippen molar-refractivity contribution in [2.24, 2.45) is 5.92 Å². The number of nitro groups is 1. The van der Waals surface area contributed by atoms with E-state index in [4.69, 9.17) is 4.74 Å². The Morgan fingerprint density at radius 2 is 1.91 bits per heavy atom. The lowest BCUT2D eigenvalue weighted by Crippen LogP contribution is -2.36. The highest BCUT2D eigenvalue weighted by molar-refractivity contribution is 6.00. The SMILES string of the molecule is CC1CCN(c2ccc([N+](=O)[O-])cc2C(=O)NCc2ccnc(N3CCOCC3)c2)CC1. The van der Waals surface area contributed by atoms with Crippen LogP contribution in [0.25, 0.3) is 0 Å². The first-order valence-corrected chi connectivity index (χ1v) is 11.1. The summed E-state index contributed by atoms with van der Waals surface area (Å²) in [6.45, 7) is 7.14. The van der Waals surface area contributed by atoms with Crippen LogP contribution in [0.15, 0.2) is 36.5 Å². The minimum Gasteiger partial charge on any atom is -0.378 e. The largest absolute Gasteiger partial charge is 0.378 e. The molecule has 2 aliphatic rings. The second-order valence-corrected chi connectivity index (χ2v) is 8.43. The summed E-state index contributed by atoms with van der Waals surface area (Å²) >= 11 is 0. The van der Waals surface area contributed by atoms with Crippen LogP contribution in [0, 0.1) is 16.0 Å². The number of anilines is 2. The average molecular weight is 440 g/mol. The highest BCUT2D eigenvalue weighted by Crippen LogP contribution is 2.29. The number of carbonyl (C=O) groups is 1. The maximum atomic E-state index is 13.1. The molecule has 1 aromatic carbocycles. The quantitative estimate of drug-likeness (QED) is 0.545. The number of carbonyl (C=O) groups excluding carboxylic acids is 1. The standard InChI is InChI=1S/C23H29N5O4/c1-17-5-8-26(9-6-17)21-3-2-19(28(30)31)15-20(21)23(29)25-16-18-4-7-24-22(14-18)27-10-12-32-13-11-27/h2-4,7,14-15,17H,5-6,8-13,16H2,1H3,(H,25,29). The maximum Gasteiger partial charge on any atom is 0.270 e. The van der Waals surface area contributed by atoms with E-state index in [9.17, 15) is 14.9 Å². The zero-order valence-electron chi connectivity index (χ0n) is 18.3. The van der Waals surface area contributed by atoms with Crippen LogP contribution in [-0.2, 0) is 11.3 Å². The van der Waals surface area contributed by atoms with Gasteiger partial charge in [0.2, 0.25) is 0 Å². The van der Waals surface area contributed by atoms with Gasteiger partial charge in [0.05, 0.1) is 29.4 Å². The molecule has 0 spiro atoms. The number of benzene rings is 1. The summed E-state index contributed by atoms with van der Waals surface area (Å²) in [4.78, 5) is 32.7. The van der Waals surface area contributed by atoms with Crippen LogP contribution >= 0.6 is 0 Å². The predicted molar refractivity (Wildman–Crippen MR) is 122 cm³/mol. The van der Waals surface area contributed by atoms with Crippen LogP contribution in [0.1, 0.15) is 35.7 Å². The number of morpholine rings is 1. The molecule has 3 heterocycles. The van der Waals surface area contributed by atoms with Crippen molar-refractivity contribution in [1.29, 1.82) is 0 Å². The molecule has 9 nitrogen and oxygen atoms in total. The van der Waals surface area contributed by atoms with E-state index in [0.29, 0.717) is 31.2 Å². The fourth-order valence-corrected chi connectivity index (χ4v) is 4.16. The lowest BCUT2D eigenvalue weighted by Gasteiger charge is -2.33. The number of aromatic nitrogens is 1. The van der Waals surface area contributed by atoms with Crippen LogP contribution in [0.5, 0.6) is 0 Å². The number of pyridine rings is 1. The third kappa shape index (κ3) is 5.16. The number of non-ortho nitro benzene ring substituents is 1. The molecule has 1 N–H and O–H groups in total. The van der Waals surface area contributed by atoms with Gasteiger partial charge < -0.3 is 19.9 Å². The van der Waals surface area contributed by atoms with Gasteiger partial charge in [-0.05, 0) is 42.5 Å². The summed E-state index contributed by atoms with van der Waals surface area (Å²) in [6.07, 6.45) is 3.82. The molecule has 9 heteroatoms. The number of hydrogen-bond donors (Lipinski definition) is 1. The number of nitro benzene ring substituents is 1. The van der Waals surface area contributed by atoms with Gasteiger partial charge in [-0.2, -0.15) is 0 Å². The number of nitrogens with one attached hydrogen (secondary N) is 1. The normalized spacial score (nSPS) is 17.3. The summed E-state index contributed by atoms with van der Waals surface area (Å²) in [5, 5.41) is 14.3. The summed E-state index contributed by atoms with van der Waals surface area (Å²) in [5.41, 5.74) is 1.94. The van der Waals surface area contributed by atoms with E-state index < -0.39 is 4.92 Å². The molecule has 32 heavy (non-hydrogen) atoms. The third-order valence-corrected chi connectivity index (χ3v) is 6.16. The van der Waals surface area contributed by atoms with Gasteiger partial charge in [0.25, 0.3) is 11.6 Å². The molecule has 1 aromatic heterocycles. The zero-order valence-corrected chi connectivity index (χ0v) is 18.3. The Bertz CT molecular complexity index is 969. The molecular weight excluding hydrogens is 410 g/mol. The third-order valence-electron chi connectivity index (χ3n) is 6.16. The first kappa shape index (κ1) is 22.0. The zero-order chi connectivity index (χ0) is 22.5. The van der Waals surface area contributed by atoms with Crippen molar-refractivity contribution in [2.45, 2.75) is 26.3 Å². The Hall–Kier alpha value is -3.20. The van der Waals surface area contributed by atoms with Crippen LogP contribution in [0.3, 0.4) is 0 Å². The minimum atomic E-state index is -0.462. The van der Waals surface area contributed by atoms with Gasteiger partial charge in [-0.3, -0.25) is 14.9 Å². The van der Waals surface area contributed by atoms with Gasteiger partial charge >= 0.3 is 0 Å². The second-order valence-electron chi connectivity index (χ2n) is 8.43. The molecule has 0 bridgehead atoms. The maximum absolute atomic E-state index is 13.1. The number of hydrogen-bond acceptors (Lipinski definition) is 7. The van der Waals surface area contributed by atoms with Gasteiger partial charge in [0.15, 0.2) is 0 Å². The second kappa shape index (κ2) is 9.95.